The molecule has 0 radical (unpaired) electrons. The van der Waals surface area contributed by atoms with E-state index in [1.54, 1.807) is 0 Å². The summed E-state index contributed by atoms with van der Waals surface area (Å²) in [5.74, 6) is -2.77. The van der Waals surface area contributed by atoms with Gasteiger partial charge in [0.1, 0.15) is 39.1 Å². The summed E-state index contributed by atoms with van der Waals surface area (Å²) < 4.78 is 9.68. The van der Waals surface area contributed by atoms with E-state index in [0.29, 0.717) is 5.57 Å². The van der Waals surface area contributed by atoms with Gasteiger partial charge in [0.25, 0.3) is 5.91 Å². The van der Waals surface area contributed by atoms with Crippen LogP contribution in [0.3, 0.4) is 0 Å². The Kier molecular flexibility index (Phi) is 9.45. The molecule has 0 unspecified atom stereocenters. The number of hydrogen-bond acceptors (Lipinski definition) is 14. The van der Waals surface area contributed by atoms with E-state index in [1.807, 2.05) is 0 Å². The number of nitrogens with two attached hydrogens (primary N) is 2. The molecule has 194 valence electrons. The predicted molar refractivity (Wildman–Crippen MR) is 129 cm³/mol. The van der Waals surface area contributed by atoms with E-state index in [4.69, 9.17) is 27.6 Å². The van der Waals surface area contributed by atoms with Crippen molar-refractivity contribution in [2.45, 2.75) is 18.0 Å². The number of thioether (sulfide) groups is 1. The van der Waals surface area contributed by atoms with Crippen molar-refractivity contribution >= 4 is 75.5 Å². The number of carboxylic acids is 1. The fourth-order valence-corrected chi connectivity index (χ4v) is 5.61. The molecule has 0 aliphatic carbocycles. The minimum atomic E-state index is -1.36. The number of oxime groups is 1. The monoisotopic (exact) mass is 591 g/mol. The maximum atomic E-state index is 12.8. The zero-order chi connectivity index (χ0) is 26.9. The Bertz CT molecular complexity index is 1410. The van der Waals surface area contributed by atoms with Crippen molar-refractivity contribution in [1.29, 1.82) is 0 Å². The minimum absolute atomic E-state index is 0. The molecule has 0 spiro atoms. The quantitative estimate of drug-likeness (QED) is 0.0609. The molecule has 4 heterocycles. The number of nitrogens with zero attached hydrogens (tertiary/aromatic N) is 5. The Morgan fingerprint density at radius 1 is 1.42 bits per heavy atom. The van der Waals surface area contributed by atoms with Crippen LogP contribution in [0.5, 0.6) is 0 Å². The van der Waals surface area contributed by atoms with Crippen LogP contribution in [0.2, 0.25) is 4.34 Å². The van der Waals surface area contributed by atoms with Gasteiger partial charge in [0.15, 0.2) is 16.9 Å². The topological polar surface area (TPSA) is 243 Å². The third kappa shape index (κ3) is 5.97. The number of aliphatic imine (C=N–C) groups is 1. The standard InChI is InChI=1S/C19H16ClN7O8S2.Na/c20-13-9(24-18(21)37-13)10(25-33)14(28)23-11-15(29)27-12(17(30)31)6(5-36-16(11)27)1-2-8-3-7(26-35-8)4-34-19(22)32;/h1-3,11,16,33H,4-5H2,(H2,21,24)(H2,22,32)(H,23,28)(H,30,31);/q;+1/p-1/b2-1+,25-10-;/t11-,16-;/m1./s1. The third-order valence-electron chi connectivity index (χ3n) is 4.95. The number of fused-ring (bicyclic) bond motifs is 1. The van der Waals surface area contributed by atoms with Crippen molar-refractivity contribution in [3.05, 3.63) is 44.9 Å². The van der Waals surface area contributed by atoms with Crippen LogP contribution < -0.4 is 46.1 Å². The number of carbonyl (C=O) groups is 3. The number of aliphatic carboxylic acids is 1. The van der Waals surface area contributed by atoms with E-state index in [-0.39, 0.29) is 74.2 Å². The number of β-lactam (4-membered cyclic amide) rings is 1. The number of aromatic nitrogens is 2. The zero-order valence-electron chi connectivity index (χ0n) is 19.2. The first kappa shape index (κ1) is 29.5. The molecule has 2 aliphatic heterocycles. The average molecular weight is 592 g/mol. The molecule has 2 aromatic rings. The second kappa shape index (κ2) is 12.2. The third-order valence-corrected chi connectivity index (χ3v) is 7.32. The average Bonchev–Trinajstić information content (AvgIpc) is 3.44. The molecule has 2 amide bonds. The van der Waals surface area contributed by atoms with Crippen molar-refractivity contribution in [3.8, 4) is 0 Å². The molecule has 15 nitrogen and oxygen atoms in total. The van der Waals surface area contributed by atoms with Gasteiger partial charge in [-0.1, -0.05) is 39.3 Å². The van der Waals surface area contributed by atoms with E-state index in [9.17, 15) is 29.8 Å². The van der Waals surface area contributed by atoms with E-state index in [0.717, 1.165) is 16.2 Å². The molecule has 2 aliphatic rings. The first-order chi connectivity index (χ1) is 17.6. The Hall–Kier alpha value is -3.09. The summed E-state index contributed by atoms with van der Waals surface area (Å²) in [6.45, 7) is -0.204. The Labute approximate surface area is 248 Å². The van der Waals surface area contributed by atoms with Crippen LogP contribution in [-0.2, 0) is 20.9 Å². The molecular weight excluding hydrogens is 577 g/mol. The molecule has 1 fully saturated rings. The number of primary amides is 1. The van der Waals surface area contributed by atoms with Gasteiger partial charge < -0.3 is 36.1 Å². The normalized spacial score (nSPS) is 19.7. The van der Waals surface area contributed by atoms with Crippen molar-refractivity contribution in [1.82, 2.24) is 15.0 Å². The second-order valence-electron chi connectivity index (χ2n) is 7.25. The number of nitrogen functional groups attached to an aromatic ring is 1. The first-order valence-electron chi connectivity index (χ1n) is 9.97. The van der Waals surface area contributed by atoms with Crippen molar-refractivity contribution in [3.63, 3.8) is 0 Å². The van der Waals surface area contributed by atoms with Gasteiger partial charge in [-0.05, 0) is 11.6 Å². The van der Waals surface area contributed by atoms with Crippen LogP contribution in [0, 0.1) is 0 Å². The fraction of sp³-hybridized carbons (Fsp3) is 0.211. The molecular formula is C19H15ClN7NaO8S2. The van der Waals surface area contributed by atoms with E-state index >= 15 is 0 Å². The van der Waals surface area contributed by atoms with Gasteiger partial charge in [-0.2, -0.15) is 0 Å². The largest absolute Gasteiger partial charge is 1.00 e. The van der Waals surface area contributed by atoms with E-state index < -0.39 is 41.0 Å². The summed E-state index contributed by atoms with van der Waals surface area (Å²) in [5, 5.41) is 37.5. The second-order valence-corrected chi connectivity index (χ2v) is 9.99. The number of rotatable bonds is 8. The summed E-state index contributed by atoms with van der Waals surface area (Å²) in [4.78, 5) is 44.2. The fourth-order valence-electron chi connectivity index (χ4n) is 3.38. The van der Waals surface area contributed by atoms with Gasteiger partial charge in [-0.3, -0.25) is 14.7 Å². The van der Waals surface area contributed by atoms with Crippen LogP contribution in [0.1, 0.15) is 17.1 Å². The summed E-state index contributed by atoms with van der Waals surface area (Å²) >= 11 is 7.99. The molecule has 0 aromatic carbocycles. The van der Waals surface area contributed by atoms with Gasteiger partial charge >= 0.3 is 41.6 Å². The minimum Gasteiger partial charge on any atom is -0.857 e. The molecule has 4 rings (SSSR count). The number of carboxylic acid groups (broad SMARTS) is 1. The summed E-state index contributed by atoms with van der Waals surface area (Å²) in [6.07, 6.45) is 1.90. The molecule has 19 heteroatoms. The summed E-state index contributed by atoms with van der Waals surface area (Å²) in [7, 11) is 0. The first-order valence-corrected chi connectivity index (χ1v) is 12.2. The van der Waals surface area contributed by atoms with Crippen LogP contribution in [0.4, 0.5) is 9.93 Å². The number of halogens is 1. The number of amides is 2. The Morgan fingerprint density at radius 3 is 2.76 bits per heavy atom. The number of thiazole rings is 1. The number of carbonyl (C=O) groups excluding carboxylic acids is 2. The predicted octanol–water partition coefficient (Wildman–Crippen LogP) is -2.76. The van der Waals surface area contributed by atoms with Crippen LogP contribution in [0.25, 0.3) is 6.08 Å². The van der Waals surface area contributed by atoms with Crippen LogP contribution in [0.15, 0.2) is 38.1 Å². The Morgan fingerprint density at radius 2 is 2.16 bits per heavy atom. The van der Waals surface area contributed by atoms with Crippen molar-refractivity contribution < 1.29 is 68.6 Å². The SMILES string of the molecule is NC(=O)OCc1cc(/C=C/C2=C(C(=O)O)N3C(=O)[C@@H](N=C([O-])/C(=N\O)c4nc(N)sc4Cl)[C@H]3SC2)on1.[Na+]. The smallest absolute Gasteiger partial charge is 0.857 e. The summed E-state index contributed by atoms with van der Waals surface area (Å²) in [5.41, 5.74) is 9.94. The van der Waals surface area contributed by atoms with Gasteiger partial charge in [0.2, 0.25) is 0 Å². The molecule has 6 N–H and O–H groups in total. The van der Waals surface area contributed by atoms with E-state index in [2.05, 4.69) is 25.0 Å². The van der Waals surface area contributed by atoms with Crippen LogP contribution in [-0.4, -0.2) is 72.1 Å². The zero-order valence-corrected chi connectivity index (χ0v) is 23.6. The molecule has 2 aromatic heterocycles. The van der Waals surface area contributed by atoms with Gasteiger partial charge in [-0.15, -0.1) is 11.8 Å². The van der Waals surface area contributed by atoms with Gasteiger partial charge in [-0.25, -0.2) is 14.6 Å². The van der Waals surface area contributed by atoms with Crippen molar-refractivity contribution in [2.24, 2.45) is 15.9 Å². The number of ether oxygens (including phenoxy) is 1. The molecule has 2 atom stereocenters. The number of hydrogen-bond donors (Lipinski definition) is 4. The van der Waals surface area contributed by atoms with Crippen LogP contribution >= 0.6 is 34.7 Å². The Balaban J connectivity index is 0.00000400. The maximum Gasteiger partial charge on any atom is 1.00 e. The van der Waals surface area contributed by atoms with E-state index in [1.165, 1.54) is 30.0 Å². The summed E-state index contributed by atoms with van der Waals surface area (Å²) in [6, 6.07) is 0.239. The molecule has 0 bridgehead atoms. The number of anilines is 1. The molecule has 38 heavy (non-hydrogen) atoms. The van der Waals surface area contributed by atoms with Gasteiger partial charge in [0.05, 0.1) is 0 Å². The van der Waals surface area contributed by atoms with Crippen molar-refractivity contribution in [2.75, 3.05) is 11.5 Å². The van der Waals surface area contributed by atoms with Gasteiger partial charge in [0, 0.05) is 17.7 Å². The number of allylic oxidation sites excluding steroid dienone is 1. The molecule has 0 saturated carbocycles. The maximum absolute atomic E-state index is 12.8. The molecule has 1 saturated heterocycles.